The summed E-state index contributed by atoms with van der Waals surface area (Å²) in [6.07, 6.45) is 4.53. The summed E-state index contributed by atoms with van der Waals surface area (Å²) in [6.45, 7) is 0. The molecular weight excluding hydrogens is 194 g/mol. The molecule has 0 spiro atoms. The highest BCUT2D eigenvalue weighted by atomic mass is 16.2. The number of hydrogen-bond acceptors (Lipinski definition) is 3. The van der Waals surface area contributed by atoms with Crippen LogP contribution in [0.5, 0.6) is 0 Å². The van der Waals surface area contributed by atoms with Crippen molar-refractivity contribution in [2.24, 2.45) is 5.11 Å². The van der Waals surface area contributed by atoms with Crippen LogP contribution in [-0.2, 0) is 11.2 Å². The van der Waals surface area contributed by atoms with Crippen LogP contribution in [0.15, 0.2) is 23.6 Å². The van der Waals surface area contributed by atoms with E-state index in [1.807, 2.05) is 6.07 Å². The lowest BCUT2D eigenvalue weighted by Gasteiger charge is -2.05. The van der Waals surface area contributed by atoms with Gasteiger partial charge in [-0.2, -0.15) is 0 Å². The summed E-state index contributed by atoms with van der Waals surface area (Å²) in [5, 5.41) is 6.15. The molecule has 0 radical (unpaired) electrons. The third-order valence-corrected chi connectivity index (χ3v) is 2.35. The molecule has 6 nitrogen and oxygen atoms in total. The fourth-order valence-corrected chi connectivity index (χ4v) is 1.57. The smallest absolute Gasteiger partial charge is 0.233 e. The summed E-state index contributed by atoms with van der Waals surface area (Å²) in [5.74, 6) is -0.264. The van der Waals surface area contributed by atoms with Crippen molar-refractivity contribution in [3.05, 3.63) is 34.5 Å². The van der Waals surface area contributed by atoms with Gasteiger partial charge in [-0.05, 0) is 30.0 Å². The van der Waals surface area contributed by atoms with E-state index in [-0.39, 0.29) is 5.91 Å². The molecule has 1 aliphatic rings. The number of nitrogens with zero attached hydrogens (tertiary/aromatic N) is 4. The van der Waals surface area contributed by atoms with Crippen molar-refractivity contribution in [1.29, 1.82) is 0 Å². The summed E-state index contributed by atoms with van der Waals surface area (Å²) in [5.41, 5.74) is 10.0. The second-order valence-corrected chi connectivity index (χ2v) is 3.28. The summed E-state index contributed by atoms with van der Waals surface area (Å²) < 4.78 is 0. The molecule has 0 fully saturated rings. The Kier molecular flexibility index (Phi) is 2.51. The largest absolute Gasteiger partial charge is 0.324 e. The van der Waals surface area contributed by atoms with Crippen LogP contribution in [0.4, 0.5) is 5.69 Å². The molecule has 1 amide bonds. The van der Waals surface area contributed by atoms with E-state index in [0.29, 0.717) is 18.5 Å². The molecular formula is C9H9N5O. The molecule has 0 aliphatic carbocycles. The third kappa shape index (κ3) is 1.89. The quantitative estimate of drug-likeness (QED) is 0.427. The van der Waals surface area contributed by atoms with Crippen molar-refractivity contribution in [1.82, 2.24) is 4.98 Å². The zero-order valence-corrected chi connectivity index (χ0v) is 7.92. The van der Waals surface area contributed by atoms with Gasteiger partial charge in [-0.1, -0.05) is 5.11 Å². The van der Waals surface area contributed by atoms with Gasteiger partial charge in [0.1, 0.15) is 6.04 Å². The van der Waals surface area contributed by atoms with Crippen LogP contribution in [0.25, 0.3) is 10.4 Å². The van der Waals surface area contributed by atoms with E-state index in [2.05, 4.69) is 20.3 Å². The molecule has 1 aliphatic heterocycles. The maximum atomic E-state index is 11.6. The van der Waals surface area contributed by atoms with Gasteiger partial charge in [0.15, 0.2) is 0 Å². The normalized spacial score (nSPS) is 19.5. The van der Waals surface area contributed by atoms with Gasteiger partial charge in [0.2, 0.25) is 5.91 Å². The molecule has 2 heterocycles. The maximum absolute atomic E-state index is 11.6. The van der Waals surface area contributed by atoms with Crippen molar-refractivity contribution < 1.29 is 4.79 Å². The molecule has 1 unspecified atom stereocenters. The predicted molar refractivity (Wildman–Crippen MR) is 54.1 cm³/mol. The van der Waals surface area contributed by atoms with Crippen molar-refractivity contribution in [3.8, 4) is 0 Å². The van der Waals surface area contributed by atoms with Gasteiger partial charge in [0, 0.05) is 11.1 Å². The molecule has 1 aromatic heterocycles. The second kappa shape index (κ2) is 3.98. The van der Waals surface area contributed by atoms with Crippen LogP contribution >= 0.6 is 0 Å². The van der Waals surface area contributed by atoms with E-state index in [4.69, 9.17) is 5.53 Å². The van der Waals surface area contributed by atoms with Gasteiger partial charge in [0.05, 0.1) is 11.9 Å². The Morgan fingerprint density at radius 2 is 2.53 bits per heavy atom. The molecule has 1 atom stereocenters. The van der Waals surface area contributed by atoms with Crippen LogP contribution < -0.4 is 5.32 Å². The number of anilines is 1. The SMILES string of the molecule is [N-]=[N+]=NC1CCc2ccncc2NC1=O. The lowest BCUT2D eigenvalue weighted by atomic mass is 10.1. The van der Waals surface area contributed by atoms with Crippen LogP contribution in [-0.4, -0.2) is 16.9 Å². The number of aryl methyl sites for hydroxylation is 1. The van der Waals surface area contributed by atoms with Gasteiger partial charge >= 0.3 is 0 Å². The van der Waals surface area contributed by atoms with Crippen LogP contribution in [0, 0.1) is 0 Å². The molecule has 15 heavy (non-hydrogen) atoms. The van der Waals surface area contributed by atoms with Crippen molar-refractivity contribution in [2.45, 2.75) is 18.9 Å². The van der Waals surface area contributed by atoms with Crippen LogP contribution in [0.3, 0.4) is 0 Å². The van der Waals surface area contributed by atoms with E-state index in [1.54, 1.807) is 12.4 Å². The Morgan fingerprint density at radius 3 is 3.33 bits per heavy atom. The average Bonchev–Trinajstić information content (AvgIpc) is 2.40. The highest BCUT2D eigenvalue weighted by Gasteiger charge is 2.22. The molecule has 0 saturated heterocycles. The number of aromatic nitrogens is 1. The number of nitrogens with one attached hydrogen (secondary N) is 1. The van der Waals surface area contributed by atoms with Gasteiger partial charge in [-0.25, -0.2) is 0 Å². The summed E-state index contributed by atoms with van der Waals surface area (Å²) in [7, 11) is 0. The van der Waals surface area contributed by atoms with Crippen molar-refractivity contribution >= 4 is 11.6 Å². The lowest BCUT2D eigenvalue weighted by Crippen LogP contribution is -2.24. The third-order valence-electron chi connectivity index (χ3n) is 2.35. The topological polar surface area (TPSA) is 90.8 Å². The first-order chi connectivity index (χ1) is 7.31. The molecule has 1 aromatic rings. The molecule has 1 N–H and O–H groups in total. The Hall–Kier alpha value is -2.07. The number of pyridine rings is 1. The summed E-state index contributed by atoms with van der Waals surface area (Å²) >= 11 is 0. The number of carbonyl (C=O) groups is 1. The van der Waals surface area contributed by atoms with E-state index >= 15 is 0 Å². The first-order valence-corrected chi connectivity index (χ1v) is 4.59. The maximum Gasteiger partial charge on any atom is 0.233 e. The standard InChI is InChI=1S/C9H9N5O/c10-14-13-7-2-1-6-3-4-11-5-8(6)12-9(7)15/h3-5,7H,1-2H2,(H,12,15). The zero-order chi connectivity index (χ0) is 10.7. The molecule has 0 aromatic carbocycles. The number of azide groups is 1. The van der Waals surface area contributed by atoms with Gasteiger partial charge in [0.25, 0.3) is 0 Å². The van der Waals surface area contributed by atoms with Crippen LogP contribution in [0.2, 0.25) is 0 Å². The fraction of sp³-hybridized carbons (Fsp3) is 0.333. The average molecular weight is 203 g/mol. The monoisotopic (exact) mass is 203 g/mol. The molecule has 0 saturated carbocycles. The van der Waals surface area contributed by atoms with Gasteiger partial charge < -0.3 is 5.32 Å². The van der Waals surface area contributed by atoms with E-state index < -0.39 is 6.04 Å². The number of rotatable bonds is 1. The zero-order valence-electron chi connectivity index (χ0n) is 7.92. The van der Waals surface area contributed by atoms with E-state index in [9.17, 15) is 4.79 Å². The lowest BCUT2D eigenvalue weighted by molar-refractivity contribution is -0.117. The van der Waals surface area contributed by atoms with Gasteiger partial charge in [-0.15, -0.1) is 0 Å². The summed E-state index contributed by atoms with van der Waals surface area (Å²) in [6, 6.07) is 1.23. The first kappa shape index (κ1) is 9.48. The number of amides is 1. The minimum absolute atomic E-state index is 0.264. The van der Waals surface area contributed by atoms with Crippen molar-refractivity contribution in [2.75, 3.05) is 5.32 Å². The Morgan fingerprint density at radius 1 is 1.67 bits per heavy atom. The first-order valence-electron chi connectivity index (χ1n) is 4.59. The molecule has 0 bridgehead atoms. The molecule has 2 rings (SSSR count). The highest BCUT2D eigenvalue weighted by molar-refractivity contribution is 5.96. The second-order valence-electron chi connectivity index (χ2n) is 3.28. The van der Waals surface area contributed by atoms with E-state index in [1.165, 1.54) is 0 Å². The van der Waals surface area contributed by atoms with Crippen LogP contribution in [0.1, 0.15) is 12.0 Å². The van der Waals surface area contributed by atoms with Gasteiger partial charge in [-0.3, -0.25) is 9.78 Å². The van der Waals surface area contributed by atoms with Crippen molar-refractivity contribution in [3.63, 3.8) is 0 Å². The minimum Gasteiger partial charge on any atom is -0.324 e. The molecule has 76 valence electrons. The Balaban J connectivity index is 2.30. The number of fused-ring (bicyclic) bond motifs is 1. The predicted octanol–water partition coefficient (Wildman–Crippen LogP) is 1.65. The highest BCUT2D eigenvalue weighted by Crippen LogP contribution is 2.21. The minimum atomic E-state index is -0.623. The number of carbonyl (C=O) groups excluding carboxylic acids is 1. The number of hydrogen-bond donors (Lipinski definition) is 1. The Labute approximate surface area is 86.0 Å². The Bertz CT molecular complexity index is 438. The summed E-state index contributed by atoms with van der Waals surface area (Å²) in [4.78, 5) is 18.2. The molecule has 6 heteroatoms. The fourth-order valence-electron chi connectivity index (χ4n) is 1.57. The van der Waals surface area contributed by atoms with E-state index in [0.717, 1.165) is 5.56 Å².